The zero-order chi connectivity index (χ0) is 23.8. The molecule has 2 aromatic carbocycles. The maximum Gasteiger partial charge on any atom is 0.343 e. The normalized spacial score (nSPS) is 10.5. The lowest BCUT2D eigenvalue weighted by molar-refractivity contribution is 0.0526. The zero-order valence-electron chi connectivity index (χ0n) is 19.1. The van der Waals surface area contributed by atoms with Gasteiger partial charge in [-0.3, -0.25) is 16.1 Å². The van der Waals surface area contributed by atoms with Crippen molar-refractivity contribution in [2.75, 3.05) is 18.1 Å². The number of ether oxygens (including phenoxy) is 1. The minimum absolute atomic E-state index is 0.0607. The molecule has 1 aromatic heterocycles. The maximum absolute atomic E-state index is 12.5. The summed E-state index contributed by atoms with van der Waals surface area (Å²) < 4.78 is 5.21. The van der Waals surface area contributed by atoms with Gasteiger partial charge in [0.25, 0.3) is 0 Å². The second-order valence-corrected chi connectivity index (χ2v) is 7.53. The first-order valence-corrected chi connectivity index (χ1v) is 10.9. The Morgan fingerprint density at radius 1 is 1.12 bits per heavy atom. The van der Waals surface area contributed by atoms with E-state index in [1.165, 1.54) is 6.20 Å². The fourth-order valence-electron chi connectivity index (χ4n) is 3.60. The Bertz CT molecular complexity index is 1120. The van der Waals surface area contributed by atoms with Gasteiger partial charge in [0, 0.05) is 24.8 Å². The highest BCUT2D eigenvalue weighted by molar-refractivity contribution is 6.01. The summed E-state index contributed by atoms with van der Waals surface area (Å²) in [6.07, 6.45) is 2.41. The van der Waals surface area contributed by atoms with E-state index in [9.17, 15) is 4.79 Å². The third-order valence-corrected chi connectivity index (χ3v) is 5.12. The largest absolute Gasteiger partial charge is 0.462 e. The molecule has 0 fully saturated rings. The van der Waals surface area contributed by atoms with Gasteiger partial charge in [0.05, 0.1) is 6.61 Å². The number of aryl methyl sites for hydroxylation is 1. The molecule has 3 aromatic rings. The van der Waals surface area contributed by atoms with Crippen molar-refractivity contribution in [2.24, 2.45) is 0 Å². The number of hydroxylamine groups is 1. The lowest BCUT2D eigenvalue weighted by Gasteiger charge is -2.25. The van der Waals surface area contributed by atoms with Crippen LogP contribution in [0.25, 0.3) is 11.1 Å². The Hall–Kier alpha value is -3.78. The molecule has 0 spiro atoms. The van der Waals surface area contributed by atoms with Crippen molar-refractivity contribution in [1.82, 2.24) is 15.4 Å². The third kappa shape index (κ3) is 5.72. The fourth-order valence-corrected chi connectivity index (χ4v) is 3.60. The number of carbonyl (C=O) groups excluding carboxylic acids is 1. The first kappa shape index (κ1) is 23.9. The molecule has 0 radical (unpaired) electrons. The SMILES string of the molecule is CCCN(Cc1ccc(-c2ccccc2C(=N)NO)cc1)c1nc(C)ncc1C(=O)OCC. The molecule has 0 atom stereocenters. The predicted molar refractivity (Wildman–Crippen MR) is 128 cm³/mol. The van der Waals surface area contributed by atoms with E-state index in [1.54, 1.807) is 19.9 Å². The number of hydrogen-bond donors (Lipinski definition) is 3. The van der Waals surface area contributed by atoms with Crippen LogP contribution in [-0.4, -0.2) is 40.1 Å². The number of nitrogens with one attached hydrogen (secondary N) is 2. The van der Waals surface area contributed by atoms with Gasteiger partial charge in [-0.1, -0.05) is 55.5 Å². The van der Waals surface area contributed by atoms with Crippen LogP contribution in [-0.2, 0) is 11.3 Å². The summed E-state index contributed by atoms with van der Waals surface area (Å²) >= 11 is 0. The van der Waals surface area contributed by atoms with Crippen molar-refractivity contribution in [2.45, 2.75) is 33.7 Å². The molecular weight excluding hydrogens is 418 g/mol. The summed E-state index contributed by atoms with van der Waals surface area (Å²) in [7, 11) is 0. The van der Waals surface area contributed by atoms with Crippen molar-refractivity contribution < 1.29 is 14.7 Å². The summed E-state index contributed by atoms with van der Waals surface area (Å²) in [5.41, 5.74) is 5.70. The van der Waals surface area contributed by atoms with E-state index < -0.39 is 5.97 Å². The number of aromatic nitrogens is 2. The van der Waals surface area contributed by atoms with Gasteiger partial charge in [-0.2, -0.15) is 0 Å². The number of rotatable bonds is 9. The highest BCUT2D eigenvalue weighted by Crippen LogP contribution is 2.26. The van der Waals surface area contributed by atoms with Crippen molar-refractivity contribution in [1.29, 1.82) is 5.41 Å². The molecule has 0 bridgehead atoms. The zero-order valence-corrected chi connectivity index (χ0v) is 19.1. The van der Waals surface area contributed by atoms with Gasteiger partial charge >= 0.3 is 5.97 Å². The molecule has 0 aliphatic rings. The summed E-state index contributed by atoms with van der Waals surface area (Å²) in [5, 5.41) is 17.1. The minimum atomic E-state index is -0.430. The van der Waals surface area contributed by atoms with Crippen LogP contribution in [0.2, 0.25) is 0 Å². The van der Waals surface area contributed by atoms with E-state index >= 15 is 0 Å². The van der Waals surface area contributed by atoms with Gasteiger partial charge in [-0.15, -0.1) is 0 Å². The number of anilines is 1. The first-order valence-electron chi connectivity index (χ1n) is 10.9. The van der Waals surface area contributed by atoms with Gasteiger partial charge in [0.2, 0.25) is 0 Å². The number of amidine groups is 1. The maximum atomic E-state index is 12.5. The molecule has 8 heteroatoms. The number of esters is 1. The average Bonchev–Trinajstić information content (AvgIpc) is 2.84. The standard InChI is InChI=1S/C25H29N5O3/c1-4-14-30(24-22(25(31)33-5-2)15-27-17(3)28-24)16-18-10-12-19(13-11-18)20-8-6-7-9-21(20)23(26)29-32/h6-13,15,32H,4-5,14,16H2,1-3H3,(H2,26,29). The minimum Gasteiger partial charge on any atom is -0.462 e. The molecule has 0 amide bonds. The van der Waals surface area contributed by atoms with E-state index in [2.05, 4.69) is 21.8 Å². The molecule has 33 heavy (non-hydrogen) atoms. The van der Waals surface area contributed by atoms with Gasteiger partial charge in [0.15, 0.2) is 0 Å². The molecule has 0 saturated heterocycles. The number of nitrogens with zero attached hydrogens (tertiary/aromatic N) is 3. The van der Waals surface area contributed by atoms with Gasteiger partial charge in [-0.25, -0.2) is 14.8 Å². The lowest BCUT2D eigenvalue weighted by Crippen LogP contribution is -2.27. The highest BCUT2D eigenvalue weighted by Gasteiger charge is 2.20. The van der Waals surface area contributed by atoms with Crippen molar-refractivity contribution >= 4 is 17.6 Å². The van der Waals surface area contributed by atoms with E-state index in [1.807, 2.05) is 47.9 Å². The smallest absolute Gasteiger partial charge is 0.343 e. The molecule has 0 aliphatic carbocycles. The van der Waals surface area contributed by atoms with Crippen LogP contribution in [0.4, 0.5) is 5.82 Å². The fraction of sp³-hybridized carbons (Fsp3) is 0.280. The van der Waals surface area contributed by atoms with Crippen molar-refractivity contribution in [3.05, 3.63) is 77.2 Å². The summed E-state index contributed by atoms with van der Waals surface area (Å²) in [6, 6.07) is 15.4. The Kier molecular flexibility index (Phi) is 8.10. The van der Waals surface area contributed by atoms with Crippen LogP contribution >= 0.6 is 0 Å². The topological polar surface area (TPSA) is 111 Å². The number of carbonyl (C=O) groups is 1. The number of hydrogen-bond acceptors (Lipinski definition) is 7. The highest BCUT2D eigenvalue weighted by atomic mass is 16.5. The molecule has 172 valence electrons. The van der Waals surface area contributed by atoms with Crippen LogP contribution in [0.15, 0.2) is 54.7 Å². The van der Waals surface area contributed by atoms with Gasteiger partial charge in [-0.05, 0) is 37.0 Å². The molecule has 8 nitrogen and oxygen atoms in total. The Balaban J connectivity index is 1.90. The molecular formula is C25H29N5O3. The van der Waals surface area contributed by atoms with Crippen LogP contribution in [0.5, 0.6) is 0 Å². The molecule has 1 heterocycles. The predicted octanol–water partition coefficient (Wildman–Crippen LogP) is 4.35. The molecule has 0 saturated carbocycles. The second-order valence-electron chi connectivity index (χ2n) is 7.53. The first-order chi connectivity index (χ1) is 16.0. The summed E-state index contributed by atoms with van der Waals surface area (Å²) in [4.78, 5) is 23.3. The quantitative estimate of drug-likeness (QED) is 0.193. The Morgan fingerprint density at radius 2 is 1.85 bits per heavy atom. The summed E-state index contributed by atoms with van der Waals surface area (Å²) in [6.45, 7) is 7.21. The van der Waals surface area contributed by atoms with E-state index in [0.717, 1.165) is 23.1 Å². The number of benzene rings is 2. The van der Waals surface area contributed by atoms with Crippen LogP contribution in [0.1, 0.15) is 47.6 Å². The Labute approximate surface area is 193 Å². The monoisotopic (exact) mass is 447 g/mol. The van der Waals surface area contributed by atoms with E-state index in [0.29, 0.717) is 35.9 Å². The van der Waals surface area contributed by atoms with E-state index in [4.69, 9.17) is 15.4 Å². The summed E-state index contributed by atoms with van der Waals surface area (Å²) in [5.74, 6) is 0.667. The van der Waals surface area contributed by atoms with Crippen LogP contribution in [0, 0.1) is 12.3 Å². The van der Waals surface area contributed by atoms with Crippen LogP contribution < -0.4 is 10.4 Å². The molecule has 0 aliphatic heterocycles. The average molecular weight is 448 g/mol. The molecule has 3 rings (SSSR count). The van der Waals surface area contributed by atoms with Crippen molar-refractivity contribution in [3.8, 4) is 11.1 Å². The van der Waals surface area contributed by atoms with Gasteiger partial charge in [0.1, 0.15) is 23.0 Å². The van der Waals surface area contributed by atoms with E-state index in [-0.39, 0.29) is 12.4 Å². The Morgan fingerprint density at radius 3 is 2.52 bits per heavy atom. The molecule has 0 unspecified atom stereocenters. The second kappa shape index (κ2) is 11.2. The lowest BCUT2D eigenvalue weighted by atomic mass is 9.98. The third-order valence-electron chi connectivity index (χ3n) is 5.12. The van der Waals surface area contributed by atoms with Crippen LogP contribution in [0.3, 0.4) is 0 Å². The van der Waals surface area contributed by atoms with Gasteiger partial charge < -0.3 is 9.64 Å². The molecule has 3 N–H and O–H groups in total. The van der Waals surface area contributed by atoms with Crippen molar-refractivity contribution in [3.63, 3.8) is 0 Å².